The molecule has 1 aromatic heterocycles. The van der Waals surface area contributed by atoms with E-state index in [-0.39, 0.29) is 11.7 Å². The summed E-state index contributed by atoms with van der Waals surface area (Å²) in [6.07, 6.45) is 1.74. The molecule has 0 spiro atoms. The van der Waals surface area contributed by atoms with Crippen LogP contribution >= 0.6 is 24.0 Å². The normalized spacial score (nSPS) is 15.7. The summed E-state index contributed by atoms with van der Waals surface area (Å²) in [4.78, 5) is 19.3. The number of thiocarbonyl (C=S) groups is 1. The number of anilines is 1. The Morgan fingerprint density at radius 1 is 1.15 bits per heavy atom. The largest absolute Gasteiger partial charge is 0.508 e. The third kappa shape index (κ3) is 3.39. The number of hydrogen-bond acceptors (Lipinski definition) is 6. The molecule has 5 nitrogen and oxygen atoms in total. The minimum absolute atomic E-state index is 0.136. The van der Waals surface area contributed by atoms with E-state index in [1.54, 1.807) is 25.3 Å². The molecule has 1 aliphatic rings. The second kappa shape index (κ2) is 7.02. The highest BCUT2D eigenvalue weighted by molar-refractivity contribution is 8.27. The van der Waals surface area contributed by atoms with Crippen LogP contribution in [0.4, 0.5) is 5.69 Å². The summed E-state index contributed by atoms with van der Waals surface area (Å²) in [6.45, 7) is 0. The number of aromatic nitrogens is 1. The Labute approximate surface area is 165 Å². The Morgan fingerprint density at radius 2 is 1.93 bits per heavy atom. The van der Waals surface area contributed by atoms with Crippen LogP contribution in [-0.4, -0.2) is 27.4 Å². The monoisotopic (exact) mass is 394 g/mol. The quantitative estimate of drug-likeness (QED) is 0.526. The average Bonchev–Trinajstić information content (AvgIpc) is 2.95. The molecular formula is C20H14N2O3S2. The molecule has 1 aliphatic heterocycles. The molecule has 0 bridgehead atoms. The summed E-state index contributed by atoms with van der Waals surface area (Å²) in [5.74, 6) is 0.705. The number of nitrogens with zero attached hydrogens (tertiary/aromatic N) is 2. The maximum Gasteiger partial charge on any atom is 0.270 e. The number of phenolic OH excluding ortho intramolecular Hbond substituents is 1. The van der Waals surface area contributed by atoms with E-state index < -0.39 is 0 Å². The third-order valence-corrected chi connectivity index (χ3v) is 5.40. The summed E-state index contributed by atoms with van der Waals surface area (Å²) in [5.41, 5.74) is 2.12. The highest BCUT2D eigenvalue weighted by Crippen LogP contribution is 2.36. The third-order valence-electron chi connectivity index (χ3n) is 4.10. The molecule has 0 radical (unpaired) electrons. The molecule has 0 atom stereocenters. The van der Waals surface area contributed by atoms with Crippen molar-refractivity contribution in [2.45, 2.75) is 0 Å². The fraction of sp³-hybridized carbons (Fsp3) is 0.0500. The molecule has 3 aromatic rings. The average molecular weight is 394 g/mol. The van der Waals surface area contributed by atoms with E-state index in [9.17, 15) is 9.90 Å². The number of ether oxygens (including phenoxy) is 1. The predicted molar refractivity (Wildman–Crippen MR) is 112 cm³/mol. The number of carbonyl (C=O) groups excluding carboxylic acids is 1. The van der Waals surface area contributed by atoms with Crippen LogP contribution in [-0.2, 0) is 4.79 Å². The lowest BCUT2D eigenvalue weighted by Gasteiger charge is -2.14. The van der Waals surface area contributed by atoms with Crippen LogP contribution in [0.5, 0.6) is 11.5 Å². The van der Waals surface area contributed by atoms with Crippen molar-refractivity contribution < 1.29 is 14.6 Å². The lowest BCUT2D eigenvalue weighted by atomic mass is 10.2. The molecule has 4 rings (SSSR count). The van der Waals surface area contributed by atoms with Crippen LogP contribution in [0.25, 0.3) is 17.0 Å². The summed E-state index contributed by atoms with van der Waals surface area (Å²) in [7, 11) is 1.62. The molecule has 27 heavy (non-hydrogen) atoms. The molecule has 0 unspecified atom stereocenters. The highest BCUT2D eigenvalue weighted by atomic mass is 32.2. The first kappa shape index (κ1) is 17.5. The van der Waals surface area contributed by atoms with Crippen LogP contribution in [0.1, 0.15) is 5.69 Å². The molecule has 7 heteroatoms. The zero-order valence-electron chi connectivity index (χ0n) is 14.2. The predicted octanol–water partition coefficient (Wildman–Crippen LogP) is 4.35. The number of thioether (sulfide) groups is 1. The molecule has 1 N–H and O–H groups in total. The standard InChI is InChI=1S/C20H14N2O3S2/c1-25-16-8-9-17-12(10-16)2-3-13(21-17)11-18-19(24)22(20(26)27-18)14-4-6-15(23)7-5-14/h2-11,23H,1H3/b18-11+. The maximum absolute atomic E-state index is 12.8. The number of hydrogen-bond donors (Lipinski definition) is 1. The van der Waals surface area contributed by atoms with E-state index in [0.29, 0.717) is 20.6 Å². The number of rotatable bonds is 3. The van der Waals surface area contributed by atoms with Gasteiger partial charge in [-0.05, 0) is 54.6 Å². The van der Waals surface area contributed by atoms with Crippen LogP contribution in [0.15, 0.2) is 59.5 Å². The molecule has 134 valence electrons. The van der Waals surface area contributed by atoms with Crippen molar-refractivity contribution in [3.63, 3.8) is 0 Å². The van der Waals surface area contributed by atoms with Crippen molar-refractivity contribution in [2.75, 3.05) is 12.0 Å². The topological polar surface area (TPSA) is 62.7 Å². The molecule has 0 aliphatic carbocycles. The van der Waals surface area contributed by atoms with Crippen LogP contribution < -0.4 is 9.64 Å². The van der Waals surface area contributed by atoms with Crippen molar-refractivity contribution in [3.8, 4) is 11.5 Å². The van der Waals surface area contributed by atoms with E-state index in [1.807, 2.05) is 30.3 Å². The van der Waals surface area contributed by atoms with Gasteiger partial charge in [0, 0.05) is 5.39 Å². The maximum atomic E-state index is 12.8. The van der Waals surface area contributed by atoms with Gasteiger partial charge in [0.1, 0.15) is 11.5 Å². The van der Waals surface area contributed by atoms with Crippen molar-refractivity contribution in [2.24, 2.45) is 0 Å². The minimum atomic E-state index is -0.202. The first-order valence-corrected chi connectivity index (χ1v) is 9.29. The Bertz CT molecular complexity index is 1090. The SMILES string of the molecule is COc1ccc2nc(/C=C3/SC(=S)N(c4ccc(O)cc4)C3=O)ccc2c1. The minimum Gasteiger partial charge on any atom is -0.508 e. The second-order valence-corrected chi connectivity index (χ2v) is 7.50. The number of phenols is 1. The van der Waals surface area contributed by atoms with Gasteiger partial charge >= 0.3 is 0 Å². The number of methoxy groups -OCH3 is 1. The highest BCUT2D eigenvalue weighted by Gasteiger charge is 2.33. The van der Waals surface area contributed by atoms with Crippen LogP contribution in [0.3, 0.4) is 0 Å². The Balaban J connectivity index is 1.66. The molecule has 1 fully saturated rings. The zero-order valence-corrected chi connectivity index (χ0v) is 15.9. The summed E-state index contributed by atoms with van der Waals surface area (Å²) in [6, 6.07) is 15.8. The van der Waals surface area contributed by atoms with Gasteiger partial charge in [0.25, 0.3) is 5.91 Å². The van der Waals surface area contributed by atoms with Gasteiger partial charge in [0.2, 0.25) is 0 Å². The van der Waals surface area contributed by atoms with E-state index in [1.165, 1.54) is 28.8 Å². The Hall–Kier alpha value is -2.90. The lowest BCUT2D eigenvalue weighted by Crippen LogP contribution is -2.27. The summed E-state index contributed by atoms with van der Waals surface area (Å²) >= 11 is 6.59. The van der Waals surface area contributed by atoms with E-state index >= 15 is 0 Å². The number of amides is 1. The van der Waals surface area contributed by atoms with E-state index in [0.717, 1.165) is 16.7 Å². The first-order chi connectivity index (χ1) is 13.0. The van der Waals surface area contributed by atoms with Crippen LogP contribution in [0, 0.1) is 0 Å². The van der Waals surface area contributed by atoms with Crippen LogP contribution in [0.2, 0.25) is 0 Å². The molecular weight excluding hydrogens is 380 g/mol. The van der Waals surface area contributed by atoms with Gasteiger partial charge in [0.15, 0.2) is 4.32 Å². The number of benzene rings is 2. The molecule has 0 saturated carbocycles. The van der Waals surface area contributed by atoms with Gasteiger partial charge in [-0.2, -0.15) is 0 Å². The second-order valence-electron chi connectivity index (χ2n) is 5.83. The lowest BCUT2D eigenvalue weighted by molar-refractivity contribution is -0.113. The van der Waals surface area contributed by atoms with Crippen molar-refractivity contribution in [3.05, 3.63) is 65.2 Å². The van der Waals surface area contributed by atoms with Gasteiger partial charge in [-0.1, -0.05) is 30.0 Å². The van der Waals surface area contributed by atoms with Crippen molar-refractivity contribution in [1.82, 2.24) is 4.98 Å². The number of pyridine rings is 1. The van der Waals surface area contributed by atoms with Gasteiger partial charge < -0.3 is 9.84 Å². The first-order valence-electron chi connectivity index (χ1n) is 8.07. The van der Waals surface area contributed by atoms with Crippen molar-refractivity contribution >= 4 is 56.9 Å². The van der Waals surface area contributed by atoms with E-state index in [2.05, 4.69) is 4.98 Å². The van der Waals surface area contributed by atoms with Gasteiger partial charge in [-0.15, -0.1) is 0 Å². The molecule has 1 amide bonds. The smallest absolute Gasteiger partial charge is 0.270 e. The van der Waals surface area contributed by atoms with Gasteiger partial charge in [0.05, 0.1) is 28.9 Å². The molecule has 1 saturated heterocycles. The Kier molecular flexibility index (Phi) is 4.55. The fourth-order valence-electron chi connectivity index (χ4n) is 2.75. The Morgan fingerprint density at radius 3 is 2.67 bits per heavy atom. The van der Waals surface area contributed by atoms with E-state index in [4.69, 9.17) is 17.0 Å². The number of carbonyl (C=O) groups is 1. The van der Waals surface area contributed by atoms with Gasteiger partial charge in [-0.3, -0.25) is 9.69 Å². The number of fused-ring (bicyclic) bond motifs is 1. The summed E-state index contributed by atoms with van der Waals surface area (Å²) < 4.78 is 5.67. The zero-order chi connectivity index (χ0) is 19.0. The fourth-order valence-corrected chi connectivity index (χ4v) is 4.04. The molecule has 2 aromatic carbocycles. The number of aromatic hydroxyl groups is 1. The van der Waals surface area contributed by atoms with Crippen molar-refractivity contribution in [1.29, 1.82) is 0 Å². The summed E-state index contributed by atoms with van der Waals surface area (Å²) in [5, 5.41) is 10.4. The molecule has 2 heterocycles. The van der Waals surface area contributed by atoms with Gasteiger partial charge in [-0.25, -0.2) is 4.98 Å².